The number of hydrogen-bond acceptors (Lipinski definition) is 4. The summed E-state index contributed by atoms with van der Waals surface area (Å²) in [7, 11) is 0. The van der Waals surface area contributed by atoms with Crippen molar-refractivity contribution in [2.24, 2.45) is 0 Å². The number of aromatic nitrogens is 3. The van der Waals surface area contributed by atoms with Crippen LogP contribution in [0, 0.1) is 0 Å². The van der Waals surface area contributed by atoms with Gasteiger partial charge in [-0.2, -0.15) is 0 Å². The van der Waals surface area contributed by atoms with Gasteiger partial charge in [-0.05, 0) is 29.7 Å². The molecule has 0 bridgehead atoms. The first-order chi connectivity index (χ1) is 13.4. The smallest absolute Gasteiger partial charge is 0.247 e. The van der Waals surface area contributed by atoms with E-state index in [0.717, 1.165) is 27.0 Å². The molecule has 2 heterocycles. The minimum atomic E-state index is -0.143. The van der Waals surface area contributed by atoms with Gasteiger partial charge in [0.15, 0.2) is 0 Å². The summed E-state index contributed by atoms with van der Waals surface area (Å²) in [6, 6.07) is 8.73. The Morgan fingerprint density at radius 1 is 1.21 bits per heavy atom. The van der Waals surface area contributed by atoms with Crippen molar-refractivity contribution >= 4 is 35.0 Å². The van der Waals surface area contributed by atoms with Crippen LogP contribution in [-0.4, -0.2) is 26.2 Å². The molecule has 0 atom stereocenters. The molecular weight excluding hydrogens is 417 g/mol. The molecule has 1 aromatic carbocycles. The van der Waals surface area contributed by atoms with Gasteiger partial charge in [-0.3, -0.25) is 4.79 Å². The average molecular weight is 438 g/mol. The Kier molecular flexibility index (Phi) is 6.88. The highest BCUT2D eigenvalue weighted by molar-refractivity contribution is 7.99. The first-order valence-electron chi connectivity index (χ1n) is 8.89. The summed E-state index contributed by atoms with van der Waals surface area (Å²) in [6.07, 6.45) is 2.14. The van der Waals surface area contributed by atoms with Gasteiger partial charge < -0.3 is 14.7 Å². The fourth-order valence-corrected chi connectivity index (χ4v) is 4.78. The molecule has 2 N–H and O–H groups in total. The molecule has 0 fully saturated rings. The number of halogens is 2. The van der Waals surface area contributed by atoms with Crippen LogP contribution in [0.15, 0.2) is 51.2 Å². The Balaban J connectivity index is 2.08. The van der Waals surface area contributed by atoms with Gasteiger partial charge >= 0.3 is 0 Å². The average Bonchev–Trinajstić information content (AvgIpc) is 2.94. The predicted octanol–water partition coefficient (Wildman–Crippen LogP) is 4.74. The van der Waals surface area contributed by atoms with E-state index >= 15 is 0 Å². The molecule has 0 saturated carbocycles. The fourth-order valence-electron chi connectivity index (χ4n) is 2.86. The number of aliphatic hydroxyl groups excluding tert-OH is 1. The van der Waals surface area contributed by atoms with E-state index < -0.39 is 0 Å². The van der Waals surface area contributed by atoms with Crippen LogP contribution in [0.25, 0.3) is 0 Å². The second-order valence-electron chi connectivity index (χ2n) is 6.70. The van der Waals surface area contributed by atoms with Gasteiger partial charge in [-0.25, -0.2) is 4.98 Å². The molecule has 0 spiro atoms. The molecule has 2 aromatic heterocycles. The number of nitrogens with zero attached hydrogens (tertiary/aromatic N) is 2. The number of aliphatic hydroxyl groups is 1. The largest absolute Gasteiger partial charge is 0.396 e. The molecule has 0 aliphatic heterocycles. The van der Waals surface area contributed by atoms with Crippen LogP contribution >= 0.6 is 35.0 Å². The molecule has 0 amide bonds. The van der Waals surface area contributed by atoms with Crippen molar-refractivity contribution in [1.29, 1.82) is 0 Å². The number of rotatable bonds is 7. The minimum Gasteiger partial charge on any atom is -0.396 e. The standard InChI is InChI=1S/C20H21Cl2N3O2S/c1-12(2)19-20(28-16-8-14(21)7-15(22)9-16)25(17(24-19)5-6-26)11-13-3-4-18(27)23-10-13/h3-4,7-10,12,26H,5-6,11H2,1-2H3,(H,23,27). The number of pyridine rings is 1. The highest BCUT2D eigenvalue weighted by Gasteiger charge is 2.21. The van der Waals surface area contributed by atoms with E-state index in [9.17, 15) is 9.90 Å². The lowest BCUT2D eigenvalue weighted by Crippen LogP contribution is -2.10. The van der Waals surface area contributed by atoms with Crippen LogP contribution in [-0.2, 0) is 13.0 Å². The van der Waals surface area contributed by atoms with Gasteiger partial charge in [0.25, 0.3) is 0 Å². The van der Waals surface area contributed by atoms with E-state index in [2.05, 4.69) is 23.4 Å². The summed E-state index contributed by atoms with van der Waals surface area (Å²) in [5.41, 5.74) is 1.75. The lowest BCUT2D eigenvalue weighted by molar-refractivity contribution is 0.294. The molecule has 8 heteroatoms. The fraction of sp³-hybridized carbons (Fsp3) is 0.300. The van der Waals surface area contributed by atoms with Crippen molar-refractivity contribution in [2.45, 2.75) is 42.7 Å². The number of H-pyrrole nitrogens is 1. The van der Waals surface area contributed by atoms with Crippen molar-refractivity contribution < 1.29 is 5.11 Å². The van der Waals surface area contributed by atoms with E-state index in [1.54, 1.807) is 30.1 Å². The molecule has 0 saturated heterocycles. The lowest BCUT2D eigenvalue weighted by atomic mass is 10.1. The topological polar surface area (TPSA) is 70.9 Å². The zero-order chi connectivity index (χ0) is 20.3. The Morgan fingerprint density at radius 3 is 2.50 bits per heavy atom. The predicted molar refractivity (Wildman–Crippen MR) is 114 cm³/mol. The number of hydrogen-bond donors (Lipinski definition) is 2. The van der Waals surface area contributed by atoms with Gasteiger partial charge in [0, 0.05) is 33.6 Å². The molecule has 5 nitrogen and oxygen atoms in total. The number of benzene rings is 1. The summed E-state index contributed by atoms with van der Waals surface area (Å²) >= 11 is 13.9. The molecule has 0 aliphatic rings. The van der Waals surface area contributed by atoms with Crippen molar-refractivity contribution in [3.05, 3.63) is 74.0 Å². The second kappa shape index (κ2) is 9.18. The van der Waals surface area contributed by atoms with Crippen LogP contribution in [0.5, 0.6) is 0 Å². The summed E-state index contributed by atoms with van der Waals surface area (Å²) in [5, 5.41) is 11.6. The van der Waals surface area contributed by atoms with E-state index in [1.165, 1.54) is 6.07 Å². The molecule has 0 unspecified atom stereocenters. The quantitative estimate of drug-likeness (QED) is 0.559. The first kappa shape index (κ1) is 21.0. The highest BCUT2D eigenvalue weighted by atomic mass is 35.5. The molecule has 0 aliphatic carbocycles. The summed E-state index contributed by atoms with van der Waals surface area (Å²) < 4.78 is 2.08. The third-order valence-electron chi connectivity index (χ3n) is 4.15. The molecule has 148 valence electrons. The monoisotopic (exact) mass is 437 g/mol. The zero-order valence-corrected chi connectivity index (χ0v) is 17.9. The number of aromatic amines is 1. The van der Waals surface area contributed by atoms with Crippen molar-refractivity contribution in [3.63, 3.8) is 0 Å². The highest BCUT2D eigenvalue weighted by Crippen LogP contribution is 2.37. The minimum absolute atomic E-state index is 0.00721. The van der Waals surface area contributed by atoms with Gasteiger partial charge in [0.2, 0.25) is 5.56 Å². The Morgan fingerprint density at radius 2 is 1.93 bits per heavy atom. The van der Waals surface area contributed by atoms with Crippen molar-refractivity contribution in [3.8, 4) is 0 Å². The van der Waals surface area contributed by atoms with Crippen LogP contribution < -0.4 is 5.56 Å². The maximum Gasteiger partial charge on any atom is 0.247 e. The molecule has 0 radical (unpaired) electrons. The second-order valence-corrected chi connectivity index (χ2v) is 8.64. The molecule has 3 rings (SSSR count). The van der Waals surface area contributed by atoms with Crippen LogP contribution in [0.4, 0.5) is 0 Å². The summed E-state index contributed by atoms with van der Waals surface area (Å²) in [4.78, 5) is 19.8. The Hall–Kier alpha value is -1.73. The van der Waals surface area contributed by atoms with Crippen molar-refractivity contribution in [2.75, 3.05) is 6.61 Å². The van der Waals surface area contributed by atoms with Crippen molar-refractivity contribution in [1.82, 2.24) is 14.5 Å². The van der Waals surface area contributed by atoms with E-state index in [4.69, 9.17) is 28.2 Å². The number of imidazole rings is 1. The summed E-state index contributed by atoms with van der Waals surface area (Å²) in [6.45, 7) is 4.71. The Labute approximate surface area is 177 Å². The van der Waals surface area contributed by atoms with Gasteiger partial charge in [0.1, 0.15) is 10.9 Å². The molecule has 3 aromatic rings. The first-order valence-corrected chi connectivity index (χ1v) is 10.5. The van der Waals surface area contributed by atoms with E-state index in [0.29, 0.717) is 23.0 Å². The number of nitrogens with one attached hydrogen (secondary N) is 1. The Bertz CT molecular complexity index is 990. The zero-order valence-electron chi connectivity index (χ0n) is 15.6. The van der Waals surface area contributed by atoms with Crippen LogP contribution in [0.3, 0.4) is 0 Å². The molecule has 28 heavy (non-hydrogen) atoms. The van der Waals surface area contributed by atoms with Gasteiger partial charge in [-0.1, -0.05) is 54.9 Å². The van der Waals surface area contributed by atoms with E-state index in [-0.39, 0.29) is 18.1 Å². The lowest BCUT2D eigenvalue weighted by Gasteiger charge is -2.13. The van der Waals surface area contributed by atoms with Gasteiger partial charge in [-0.15, -0.1) is 0 Å². The normalized spacial score (nSPS) is 11.4. The summed E-state index contributed by atoms with van der Waals surface area (Å²) in [5.74, 6) is 0.999. The maximum atomic E-state index is 11.4. The van der Waals surface area contributed by atoms with E-state index in [1.807, 2.05) is 12.1 Å². The third-order valence-corrected chi connectivity index (χ3v) is 5.68. The van der Waals surface area contributed by atoms with Crippen LogP contribution in [0.2, 0.25) is 10.0 Å². The van der Waals surface area contributed by atoms with Gasteiger partial charge in [0.05, 0.1) is 18.8 Å². The third kappa shape index (κ3) is 5.00. The molecular formula is C20H21Cl2N3O2S. The maximum absolute atomic E-state index is 11.4. The SMILES string of the molecule is CC(C)c1nc(CCO)n(Cc2ccc(=O)[nH]c2)c1Sc1cc(Cl)cc(Cl)c1. The van der Waals surface area contributed by atoms with Crippen LogP contribution in [0.1, 0.15) is 36.8 Å².